The Kier molecular flexibility index (Phi) is 5.70. The highest BCUT2D eigenvalue weighted by Crippen LogP contribution is 2.37. The molecule has 6 heteroatoms. The first-order valence-corrected chi connectivity index (χ1v) is 10.7. The summed E-state index contributed by atoms with van der Waals surface area (Å²) >= 11 is 1.29. The van der Waals surface area contributed by atoms with Gasteiger partial charge in [-0.25, -0.2) is 4.98 Å². The summed E-state index contributed by atoms with van der Waals surface area (Å²) in [6, 6.07) is 18.0. The number of ether oxygens (including phenoxy) is 1. The van der Waals surface area contributed by atoms with Gasteiger partial charge in [-0.15, -0.1) is 0 Å². The van der Waals surface area contributed by atoms with E-state index in [4.69, 9.17) is 9.72 Å². The number of thiazole rings is 1. The van der Waals surface area contributed by atoms with Crippen molar-refractivity contribution in [3.8, 4) is 23.1 Å². The van der Waals surface area contributed by atoms with Crippen LogP contribution in [0, 0.1) is 18.3 Å². The Morgan fingerprint density at radius 1 is 1.23 bits per heavy atom. The molecule has 1 N–H and O–H groups in total. The molecule has 4 rings (SSSR count). The predicted octanol–water partition coefficient (Wildman–Crippen LogP) is 5.85. The van der Waals surface area contributed by atoms with Crippen molar-refractivity contribution in [2.24, 2.45) is 0 Å². The summed E-state index contributed by atoms with van der Waals surface area (Å²) in [5.41, 5.74) is 4.97. The van der Waals surface area contributed by atoms with Gasteiger partial charge in [-0.05, 0) is 37.6 Å². The van der Waals surface area contributed by atoms with E-state index in [1.807, 2.05) is 74.5 Å². The van der Waals surface area contributed by atoms with Gasteiger partial charge in [0, 0.05) is 18.1 Å². The molecule has 0 bridgehead atoms. The van der Waals surface area contributed by atoms with E-state index in [0.29, 0.717) is 21.3 Å². The minimum absolute atomic E-state index is 0.181. The number of hydrogen-bond donors (Lipinski definition) is 1. The van der Waals surface area contributed by atoms with Crippen LogP contribution in [-0.4, -0.2) is 17.0 Å². The fourth-order valence-corrected chi connectivity index (χ4v) is 4.32. The van der Waals surface area contributed by atoms with E-state index >= 15 is 0 Å². The Morgan fingerprint density at radius 3 is 2.68 bits per heavy atom. The largest absolute Gasteiger partial charge is 0.485 e. The Balaban J connectivity index is 1.77. The standard InChI is InChI=1S/C25H21N3O2S/c1-15-8-10-18(11-9-15)23-25(27-17(3)29)31-24(28-23)21(14-26)13-20-12-19-6-4-5-7-22(19)30-16(20)2/h4-13,16H,1-3H3,(H,27,29)/b21-13+. The van der Waals surface area contributed by atoms with Crippen molar-refractivity contribution in [3.05, 3.63) is 76.3 Å². The molecule has 1 aliphatic rings. The number of fused-ring (bicyclic) bond motifs is 1. The van der Waals surface area contributed by atoms with Gasteiger partial charge in [-0.3, -0.25) is 4.79 Å². The van der Waals surface area contributed by atoms with Crippen molar-refractivity contribution in [2.75, 3.05) is 5.32 Å². The number of nitrogens with zero attached hydrogens (tertiary/aromatic N) is 2. The van der Waals surface area contributed by atoms with Crippen molar-refractivity contribution in [3.63, 3.8) is 0 Å². The van der Waals surface area contributed by atoms with Crippen LogP contribution in [0.2, 0.25) is 0 Å². The van der Waals surface area contributed by atoms with Crippen molar-refractivity contribution < 1.29 is 9.53 Å². The molecule has 0 spiro atoms. The van der Waals surface area contributed by atoms with Gasteiger partial charge in [0.25, 0.3) is 0 Å². The second-order valence-electron chi connectivity index (χ2n) is 7.36. The Labute approximate surface area is 185 Å². The van der Waals surface area contributed by atoms with Gasteiger partial charge in [-0.1, -0.05) is 59.4 Å². The van der Waals surface area contributed by atoms with Crippen LogP contribution in [0.4, 0.5) is 5.00 Å². The molecule has 3 aromatic rings. The average Bonchev–Trinajstić information content (AvgIpc) is 3.15. The number of benzene rings is 2. The van der Waals surface area contributed by atoms with E-state index in [0.717, 1.165) is 28.0 Å². The Hall–Kier alpha value is -3.69. The van der Waals surface area contributed by atoms with Crippen molar-refractivity contribution in [2.45, 2.75) is 26.9 Å². The molecule has 1 atom stereocenters. The summed E-state index contributed by atoms with van der Waals surface area (Å²) in [5, 5.41) is 13.9. The molecular formula is C25H21N3O2S. The maximum absolute atomic E-state index is 11.7. The number of nitriles is 1. The third-order valence-electron chi connectivity index (χ3n) is 4.92. The number of hydrogen-bond acceptors (Lipinski definition) is 5. The van der Waals surface area contributed by atoms with Crippen LogP contribution in [0.1, 0.15) is 30.0 Å². The van der Waals surface area contributed by atoms with E-state index < -0.39 is 0 Å². The molecule has 1 amide bonds. The minimum Gasteiger partial charge on any atom is -0.485 e. The van der Waals surface area contributed by atoms with Gasteiger partial charge in [0.05, 0.1) is 5.57 Å². The molecule has 31 heavy (non-hydrogen) atoms. The van der Waals surface area contributed by atoms with E-state index in [1.54, 1.807) is 0 Å². The van der Waals surface area contributed by atoms with Crippen molar-refractivity contribution >= 4 is 33.9 Å². The number of rotatable bonds is 4. The molecule has 1 unspecified atom stereocenters. The molecular weight excluding hydrogens is 406 g/mol. The highest BCUT2D eigenvalue weighted by atomic mass is 32.1. The minimum atomic E-state index is -0.190. The number of amides is 1. The van der Waals surface area contributed by atoms with Gasteiger partial charge in [0.15, 0.2) is 0 Å². The zero-order chi connectivity index (χ0) is 22.0. The lowest BCUT2D eigenvalue weighted by Crippen LogP contribution is -2.17. The SMILES string of the molecule is CC(=O)Nc1sc(/C(C#N)=C/C2=Cc3ccccc3OC2C)nc1-c1ccc(C)cc1. The first-order chi connectivity index (χ1) is 14.9. The summed E-state index contributed by atoms with van der Waals surface area (Å²) in [6.45, 7) is 5.43. The van der Waals surface area contributed by atoms with Gasteiger partial charge < -0.3 is 10.1 Å². The van der Waals surface area contributed by atoms with Crippen LogP contribution in [0.3, 0.4) is 0 Å². The number of carbonyl (C=O) groups is 1. The lowest BCUT2D eigenvalue weighted by atomic mass is 10.0. The Bertz CT molecular complexity index is 1250. The van der Waals surface area contributed by atoms with Crippen LogP contribution in [0.5, 0.6) is 5.75 Å². The van der Waals surface area contributed by atoms with Crippen LogP contribution in [0.25, 0.3) is 22.9 Å². The van der Waals surface area contributed by atoms with Gasteiger partial charge in [0.2, 0.25) is 5.91 Å². The van der Waals surface area contributed by atoms with E-state index in [9.17, 15) is 10.1 Å². The molecule has 0 aliphatic carbocycles. The fourth-order valence-electron chi connectivity index (χ4n) is 3.32. The number of anilines is 1. The van der Waals surface area contributed by atoms with Gasteiger partial charge >= 0.3 is 0 Å². The van der Waals surface area contributed by atoms with E-state index in [-0.39, 0.29) is 12.0 Å². The zero-order valence-corrected chi connectivity index (χ0v) is 18.3. The van der Waals surface area contributed by atoms with Gasteiger partial charge in [0.1, 0.15) is 33.6 Å². The molecule has 2 heterocycles. The summed E-state index contributed by atoms with van der Waals surface area (Å²) in [4.78, 5) is 16.5. The summed E-state index contributed by atoms with van der Waals surface area (Å²) < 4.78 is 5.99. The molecule has 0 saturated carbocycles. The third kappa shape index (κ3) is 4.42. The van der Waals surface area contributed by atoms with Crippen molar-refractivity contribution in [1.82, 2.24) is 4.98 Å². The van der Waals surface area contributed by atoms with Crippen LogP contribution in [-0.2, 0) is 4.79 Å². The van der Waals surface area contributed by atoms with Crippen LogP contribution >= 0.6 is 11.3 Å². The monoisotopic (exact) mass is 427 g/mol. The first-order valence-electron chi connectivity index (χ1n) is 9.89. The molecule has 1 aromatic heterocycles. The molecule has 2 aromatic carbocycles. The summed E-state index contributed by atoms with van der Waals surface area (Å²) in [6.07, 6.45) is 3.66. The molecule has 0 fully saturated rings. The molecule has 5 nitrogen and oxygen atoms in total. The van der Waals surface area contributed by atoms with E-state index in [1.165, 1.54) is 18.3 Å². The van der Waals surface area contributed by atoms with Gasteiger partial charge in [-0.2, -0.15) is 5.26 Å². The number of aromatic nitrogens is 1. The van der Waals surface area contributed by atoms with Crippen LogP contribution in [0.15, 0.2) is 60.2 Å². The number of para-hydroxylation sites is 1. The quantitative estimate of drug-likeness (QED) is 0.530. The zero-order valence-electron chi connectivity index (χ0n) is 17.5. The predicted molar refractivity (Wildman–Crippen MR) is 125 cm³/mol. The molecule has 154 valence electrons. The lowest BCUT2D eigenvalue weighted by Gasteiger charge is -2.22. The lowest BCUT2D eigenvalue weighted by molar-refractivity contribution is -0.114. The normalized spacial score (nSPS) is 15.4. The van der Waals surface area contributed by atoms with E-state index in [2.05, 4.69) is 11.4 Å². The Morgan fingerprint density at radius 2 is 1.97 bits per heavy atom. The maximum atomic E-state index is 11.7. The molecule has 0 saturated heterocycles. The fraction of sp³-hybridized carbons (Fsp3) is 0.160. The average molecular weight is 428 g/mol. The highest BCUT2D eigenvalue weighted by Gasteiger charge is 2.21. The second-order valence-corrected chi connectivity index (χ2v) is 8.36. The van der Waals surface area contributed by atoms with Crippen molar-refractivity contribution in [1.29, 1.82) is 5.26 Å². The highest BCUT2D eigenvalue weighted by molar-refractivity contribution is 7.17. The number of aryl methyl sites for hydroxylation is 1. The maximum Gasteiger partial charge on any atom is 0.221 e. The number of allylic oxidation sites excluding steroid dienone is 1. The third-order valence-corrected chi connectivity index (χ3v) is 5.92. The first kappa shape index (κ1) is 20.6. The second kappa shape index (κ2) is 8.58. The van der Waals surface area contributed by atoms with Crippen LogP contribution < -0.4 is 10.1 Å². The summed E-state index contributed by atoms with van der Waals surface area (Å²) in [5.74, 6) is 0.647. The molecule has 0 radical (unpaired) electrons. The smallest absolute Gasteiger partial charge is 0.221 e. The molecule has 1 aliphatic heterocycles. The number of carbonyl (C=O) groups excluding carboxylic acids is 1. The number of nitrogens with one attached hydrogen (secondary N) is 1. The summed E-state index contributed by atoms with van der Waals surface area (Å²) in [7, 11) is 0. The topological polar surface area (TPSA) is 75.0 Å².